The summed E-state index contributed by atoms with van der Waals surface area (Å²) in [5, 5.41) is 0. The highest BCUT2D eigenvalue weighted by molar-refractivity contribution is 9.10. The van der Waals surface area contributed by atoms with Crippen LogP contribution in [0.1, 0.15) is 13.3 Å². The summed E-state index contributed by atoms with van der Waals surface area (Å²) in [4.78, 5) is 6.57. The van der Waals surface area contributed by atoms with Crippen molar-refractivity contribution < 1.29 is 4.74 Å². The molecule has 2 aliphatic rings. The smallest absolute Gasteiger partial charge is 0.196 e. The van der Waals surface area contributed by atoms with Crippen molar-refractivity contribution in [1.82, 2.24) is 0 Å². The minimum atomic E-state index is -0.117. The second-order valence-corrected chi connectivity index (χ2v) is 5.68. The average Bonchev–Trinajstić information content (AvgIpc) is 2.87. The predicted molar refractivity (Wildman–Crippen MR) is 75.9 cm³/mol. The van der Waals surface area contributed by atoms with E-state index in [1.54, 1.807) is 0 Å². The number of benzene rings is 1. The number of hydrogen-bond donors (Lipinski definition) is 1. The van der Waals surface area contributed by atoms with Crippen LogP contribution in [0.15, 0.2) is 33.7 Å². The Labute approximate surface area is 115 Å². The molecule has 0 aromatic heterocycles. The van der Waals surface area contributed by atoms with Crippen molar-refractivity contribution in [1.29, 1.82) is 0 Å². The third-order valence-electron chi connectivity index (χ3n) is 3.94. The van der Waals surface area contributed by atoms with E-state index in [0.29, 0.717) is 12.5 Å². The SMILES string of the molecule is CC1OCCC12CN=C(N)N2c1ccccc1Br. The van der Waals surface area contributed by atoms with Crippen LogP contribution < -0.4 is 10.6 Å². The monoisotopic (exact) mass is 309 g/mol. The molecule has 5 heteroatoms. The molecule has 2 N–H and O–H groups in total. The summed E-state index contributed by atoms with van der Waals surface area (Å²) in [6.07, 6.45) is 1.09. The molecular formula is C13H16BrN3O. The number of halogens is 1. The highest BCUT2D eigenvalue weighted by Gasteiger charge is 2.51. The lowest BCUT2D eigenvalue weighted by atomic mass is 9.90. The van der Waals surface area contributed by atoms with E-state index in [2.05, 4.69) is 38.8 Å². The van der Waals surface area contributed by atoms with Crippen LogP contribution in [0.25, 0.3) is 0 Å². The Morgan fingerprint density at radius 1 is 1.50 bits per heavy atom. The second kappa shape index (κ2) is 4.24. The average molecular weight is 310 g/mol. The van der Waals surface area contributed by atoms with E-state index in [4.69, 9.17) is 10.5 Å². The fourth-order valence-electron chi connectivity index (χ4n) is 2.86. The van der Waals surface area contributed by atoms with E-state index in [-0.39, 0.29) is 11.6 Å². The van der Waals surface area contributed by atoms with Gasteiger partial charge in [-0.05, 0) is 41.4 Å². The van der Waals surface area contributed by atoms with Gasteiger partial charge in [0.1, 0.15) is 0 Å². The van der Waals surface area contributed by atoms with Gasteiger partial charge in [-0.2, -0.15) is 0 Å². The Kier molecular flexibility index (Phi) is 2.83. The number of nitrogens with zero attached hydrogens (tertiary/aromatic N) is 2. The first-order chi connectivity index (χ1) is 8.65. The van der Waals surface area contributed by atoms with E-state index in [1.165, 1.54) is 0 Å². The van der Waals surface area contributed by atoms with Gasteiger partial charge in [0, 0.05) is 11.1 Å². The number of rotatable bonds is 1. The molecule has 1 aromatic rings. The minimum absolute atomic E-state index is 0.117. The first kappa shape index (κ1) is 12.0. The molecule has 18 heavy (non-hydrogen) atoms. The predicted octanol–water partition coefficient (Wildman–Crippen LogP) is 2.13. The van der Waals surface area contributed by atoms with E-state index in [0.717, 1.165) is 23.2 Å². The molecule has 0 bridgehead atoms. The summed E-state index contributed by atoms with van der Waals surface area (Å²) in [5.41, 5.74) is 7.04. The standard InChI is InChI=1S/C13H16BrN3O/c1-9-13(6-7-18-9)8-16-12(15)17(13)11-5-3-2-4-10(11)14/h2-5,9H,6-8H2,1H3,(H2,15,16). The molecule has 2 atom stereocenters. The van der Waals surface area contributed by atoms with Crippen LogP contribution in [0.4, 0.5) is 5.69 Å². The van der Waals surface area contributed by atoms with Gasteiger partial charge < -0.3 is 15.4 Å². The Hall–Kier alpha value is -1.07. The third kappa shape index (κ3) is 1.57. The molecule has 2 unspecified atom stereocenters. The lowest BCUT2D eigenvalue weighted by Crippen LogP contribution is -2.56. The van der Waals surface area contributed by atoms with Crippen molar-refractivity contribution in [2.24, 2.45) is 10.7 Å². The number of ether oxygens (including phenoxy) is 1. The molecule has 1 fully saturated rings. The molecule has 1 spiro atoms. The van der Waals surface area contributed by atoms with Crippen molar-refractivity contribution in [3.05, 3.63) is 28.7 Å². The van der Waals surface area contributed by atoms with E-state index >= 15 is 0 Å². The zero-order valence-corrected chi connectivity index (χ0v) is 11.9. The number of nitrogens with two attached hydrogens (primary N) is 1. The molecule has 2 aliphatic heterocycles. The van der Waals surface area contributed by atoms with Gasteiger partial charge in [0.15, 0.2) is 5.96 Å². The molecule has 0 amide bonds. The molecule has 0 aliphatic carbocycles. The first-order valence-corrected chi connectivity index (χ1v) is 6.91. The molecule has 2 heterocycles. The first-order valence-electron chi connectivity index (χ1n) is 6.11. The molecular weight excluding hydrogens is 294 g/mol. The van der Waals surface area contributed by atoms with Crippen molar-refractivity contribution >= 4 is 27.6 Å². The van der Waals surface area contributed by atoms with Crippen LogP contribution in [-0.4, -0.2) is 30.8 Å². The summed E-state index contributed by atoms with van der Waals surface area (Å²) in [5.74, 6) is 0.583. The topological polar surface area (TPSA) is 50.9 Å². The Morgan fingerprint density at radius 3 is 2.94 bits per heavy atom. The van der Waals surface area contributed by atoms with Gasteiger partial charge in [-0.3, -0.25) is 4.99 Å². The maximum absolute atomic E-state index is 6.10. The van der Waals surface area contributed by atoms with Crippen LogP contribution >= 0.6 is 15.9 Å². The summed E-state index contributed by atoms with van der Waals surface area (Å²) in [6.45, 7) is 3.58. The number of guanidine groups is 1. The Morgan fingerprint density at radius 2 is 2.28 bits per heavy atom. The van der Waals surface area contributed by atoms with Gasteiger partial charge in [-0.15, -0.1) is 0 Å². The second-order valence-electron chi connectivity index (χ2n) is 4.83. The molecule has 3 rings (SSSR count). The van der Waals surface area contributed by atoms with E-state index in [1.807, 2.05) is 18.2 Å². The summed E-state index contributed by atoms with van der Waals surface area (Å²) in [6, 6.07) is 8.10. The fraction of sp³-hybridized carbons (Fsp3) is 0.462. The molecule has 0 radical (unpaired) electrons. The van der Waals surface area contributed by atoms with Crippen molar-refractivity contribution in [2.45, 2.75) is 25.0 Å². The van der Waals surface area contributed by atoms with Gasteiger partial charge >= 0.3 is 0 Å². The summed E-state index contributed by atoms with van der Waals surface area (Å²) >= 11 is 3.59. The quantitative estimate of drug-likeness (QED) is 0.864. The number of anilines is 1. The molecule has 1 saturated heterocycles. The van der Waals surface area contributed by atoms with Crippen molar-refractivity contribution in [3.8, 4) is 0 Å². The molecule has 1 aromatic carbocycles. The minimum Gasteiger partial charge on any atom is -0.376 e. The summed E-state index contributed by atoms with van der Waals surface area (Å²) in [7, 11) is 0. The zero-order chi connectivity index (χ0) is 12.8. The van der Waals surface area contributed by atoms with Crippen molar-refractivity contribution in [2.75, 3.05) is 18.1 Å². The lowest BCUT2D eigenvalue weighted by molar-refractivity contribution is 0.100. The maximum Gasteiger partial charge on any atom is 0.196 e. The molecule has 96 valence electrons. The van der Waals surface area contributed by atoms with Gasteiger partial charge in [0.2, 0.25) is 0 Å². The Balaban J connectivity index is 2.08. The van der Waals surface area contributed by atoms with Gasteiger partial charge in [0.25, 0.3) is 0 Å². The van der Waals surface area contributed by atoms with Gasteiger partial charge in [-0.1, -0.05) is 12.1 Å². The molecule has 0 saturated carbocycles. The fourth-order valence-corrected chi connectivity index (χ4v) is 3.32. The highest BCUT2D eigenvalue weighted by Crippen LogP contribution is 2.41. The van der Waals surface area contributed by atoms with Crippen molar-refractivity contribution in [3.63, 3.8) is 0 Å². The van der Waals surface area contributed by atoms with Gasteiger partial charge in [0.05, 0.1) is 23.9 Å². The van der Waals surface area contributed by atoms with Crippen LogP contribution in [0.5, 0.6) is 0 Å². The number of para-hydroxylation sites is 1. The van der Waals surface area contributed by atoms with E-state index in [9.17, 15) is 0 Å². The Bertz CT molecular complexity index is 505. The zero-order valence-electron chi connectivity index (χ0n) is 10.3. The normalized spacial score (nSPS) is 31.1. The van der Waals surface area contributed by atoms with Crippen LogP contribution in [0.2, 0.25) is 0 Å². The maximum atomic E-state index is 6.10. The third-order valence-corrected chi connectivity index (χ3v) is 4.61. The molecule has 4 nitrogen and oxygen atoms in total. The highest BCUT2D eigenvalue weighted by atomic mass is 79.9. The summed E-state index contributed by atoms with van der Waals surface area (Å²) < 4.78 is 6.78. The number of hydrogen-bond acceptors (Lipinski definition) is 4. The van der Waals surface area contributed by atoms with Gasteiger partial charge in [-0.25, -0.2) is 0 Å². The van der Waals surface area contributed by atoms with E-state index < -0.39 is 0 Å². The lowest BCUT2D eigenvalue weighted by Gasteiger charge is -2.38. The van der Waals surface area contributed by atoms with Crippen LogP contribution in [0, 0.1) is 0 Å². The largest absolute Gasteiger partial charge is 0.376 e. The number of aliphatic imine (C=N–C) groups is 1. The van der Waals surface area contributed by atoms with Crippen LogP contribution in [-0.2, 0) is 4.74 Å². The van der Waals surface area contributed by atoms with Crippen LogP contribution in [0.3, 0.4) is 0 Å².